The largest absolute Gasteiger partial charge is 0.372 e. The summed E-state index contributed by atoms with van der Waals surface area (Å²) in [5, 5.41) is 5.18. The van der Waals surface area contributed by atoms with Crippen molar-refractivity contribution in [3.8, 4) is 10.7 Å². The fraction of sp³-hybridized carbons (Fsp3) is 0.333. The fourth-order valence-corrected chi connectivity index (χ4v) is 3.86. The maximum atomic E-state index is 4.72. The summed E-state index contributed by atoms with van der Waals surface area (Å²) in [4.78, 5) is 10.4. The third-order valence-electron chi connectivity index (χ3n) is 2.87. The smallest absolute Gasteiger partial charge is 0.171 e. The van der Waals surface area contributed by atoms with E-state index in [0.29, 0.717) is 5.92 Å². The normalized spacial score (nSPS) is 14.8. The van der Waals surface area contributed by atoms with Crippen LogP contribution in [0.2, 0.25) is 0 Å². The molecule has 2 aromatic heterocycles. The summed E-state index contributed by atoms with van der Waals surface area (Å²) >= 11 is 8.72. The van der Waals surface area contributed by atoms with Crippen molar-refractivity contribution in [3.63, 3.8) is 0 Å². The molecule has 3 nitrogen and oxygen atoms in total. The zero-order chi connectivity index (χ0) is 12.7. The van der Waals surface area contributed by atoms with Crippen LogP contribution in [0, 0.1) is 0 Å². The molecular weight excluding hydrogens is 378 g/mol. The van der Waals surface area contributed by atoms with Gasteiger partial charge in [0.05, 0.1) is 15.0 Å². The van der Waals surface area contributed by atoms with E-state index in [4.69, 9.17) is 4.98 Å². The quantitative estimate of drug-likeness (QED) is 0.831. The van der Waals surface area contributed by atoms with E-state index in [-0.39, 0.29) is 0 Å². The lowest BCUT2D eigenvalue weighted by Crippen LogP contribution is -2.02. The van der Waals surface area contributed by atoms with Crippen LogP contribution in [0.4, 0.5) is 5.82 Å². The van der Waals surface area contributed by atoms with Gasteiger partial charge in [0.2, 0.25) is 0 Å². The first-order valence-electron chi connectivity index (χ1n) is 5.68. The van der Waals surface area contributed by atoms with Crippen LogP contribution in [0.3, 0.4) is 0 Å². The Labute approximate surface area is 126 Å². The number of rotatable bonds is 3. The number of halogens is 2. The van der Waals surface area contributed by atoms with Gasteiger partial charge in [-0.05, 0) is 50.8 Å². The van der Waals surface area contributed by atoms with Gasteiger partial charge in [-0.1, -0.05) is 0 Å². The summed E-state index contributed by atoms with van der Waals surface area (Å²) in [6.07, 6.45) is 2.46. The van der Waals surface area contributed by atoms with Crippen molar-refractivity contribution < 1.29 is 0 Å². The molecule has 1 aliphatic rings. The Kier molecular flexibility index (Phi) is 3.42. The lowest BCUT2D eigenvalue weighted by Gasteiger charge is -2.09. The van der Waals surface area contributed by atoms with Crippen molar-refractivity contribution in [3.05, 3.63) is 26.1 Å². The molecule has 1 N–H and O–H groups in total. The van der Waals surface area contributed by atoms with Gasteiger partial charge in [0, 0.05) is 22.8 Å². The Hall–Kier alpha value is -0.460. The molecule has 0 atom stereocenters. The van der Waals surface area contributed by atoms with Crippen molar-refractivity contribution in [1.82, 2.24) is 9.97 Å². The molecule has 1 aliphatic carbocycles. The molecule has 0 spiro atoms. The first-order chi connectivity index (χ1) is 8.69. The van der Waals surface area contributed by atoms with Crippen molar-refractivity contribution in [2.24, 2.45) is 0 Å². The number of thiophene rings is 1. The minimum absolute atomic E-state index is 0.594. The number of anilines is 1. The number of hydrogen-bond acceptors (Lipinski definition) is 4. The van der Waals surface area contributed by atoms with Crippen molar-refractivity contribution >= 4 is 49.0 Å². The zero-order valence-corrected chi connectivity index (χ0v) is 13.7. The topological polar surface area (TPSA) is 37.8 Å². The zero-order valence-electron chi connectivity index (χ0n) is 9.70. The maximum absolute atomic E-state index is 4.72. The predicted octanol–water partition coefficient (Wildman–Crippen LogP) is 4.65. The van der Waals surface area contributed by atoms with Gasteiger partial charge in [-0.2, -0.15) is 0 Å². The molecule has 0 radical (unpaired) electrons. The van der Waals surface area contributed by atoms with Gasteiger partial charge >= 0.3 is 0 Å². The maximum Gasteiger partial charge on any atom is 0.171 e. The molecule has 1 saturated carbocycles. The molecule has 0 unspecified atom stereocenters. The standard InChI is InChI=1S/C12H11Br2N3S/c1-15-12-9(14)10(6-2-3-6)16-11(17-12)8-4-7(13)5-18-8/h4-6H,2-3H2,1H3,(H,15,16,17). The Morgan fingerprint density at radius 1 is 1.33 bits per heavy atom. The number of aromatic nitrogens is 2. The summed E-state index contributed by atoms with van der Waals surface area (Å²) in [7, 11) is 1.89. The Bertz CT molecular complexity index is 593. The van der Waals surface area contributed by atoms with Gasteiger partial charge in [0.25, 0.3) is 0 Å². The van der Waals surface area contributed by atoms with E-state index in [0.717, 1.165) is 31.2 Å². The molecule has 0 aliphatic heterocycles. The average Bonchev–Trinajstić information content (AvgIpc) is 3.12. The SMILES string of the molecule is CNc1nc(-c2cc(Br)cs2)nc(C2CC2)c1Br. The van der Waals surface area contributed by atoms with E-state index in [2.05, 4.69) is 53.6 Å². The number of hydrogen-bond donors (Lipinski definition) is 1. The van der Waals surface area contributed by atoms with E-state index in [9.17, 15) is 0 Å². The summed E-state index contributed by atoms with van der Waals surface area (Å²) < 4.78 is 2.08. The first-order valence-corrected chi connectivity index (χ1v) is 8.15. The van der Waals surface area contributed by atoms with Crippen LogP contribution in [0.5, 0.6) is 0 Å². The molecule has 94 valence electrons. The molecule has 2 aromatic rings. The molecule has 6 heteroatoms. The minimum atomic E-state index is 0.594. The Morgan fingerprint density at radius 3 is 2.67 bits per heavy atom. The average molecular weight is 389 g/mol. The van der Waals surface area contributed by atoms with Crippen LogP contribution in [0.15, 0.2) is 20.4 Å². The highest BCUT2D eigenvalue weighted by atomic mass is 79.9. The van der Waals surface area contributed by atoms with E-state index < -0.39 is 0 Å². The van der Waals surface area contributed by atoms with E-state index in [1.54, 1.807) is 11.3 Å². The van der Waals surface area contributed by atoms with Gasteiger partial charge in [-0.15, -0.1) is 11.3 Å². The highest BCUT2D eigenvalue weighted by molar-refractivity contribution is 9.11. The lowest BCUT2D eigenvalue weighted by atomic mass is 10.2. The van der Waals surface area contributed by atoms with Crippen molar-refractivity contribution in [2.75, 3.05) is 12.4 Å². The summed E-state index contributed by atoms with van der Waals surface area (Å²) in [6, 6.07) is 2.06. The van der Waals surface area contributed by atoms with Gasteiger partial charge in [0.15, 0.2) is 5.82 Å². The molecule has 3 rings (SSSR count). The van der Waals surface area contributed by atoms with Crippen LogP contribution in [-0.2, 0) is 0 Å². The van der Waals surface area contributed by atoms with E-state index >= 15 is 0 Å². The second-order valence-electron chi connectivity index (χ2n) is 4.25. The Balaban J connectivity index is 2.12. The minimum Gasteiger partial charge on any atom is -0.372 e. The van der Waals surface area contributed by atoms with Crippen LogP contribution >= 0.6 is 43.2 Å². The second-order valence-corrected chi connectivity index (χ2v) is 6.87. The van der Waals surface area contributed by atoms with Crippen LogP contribution in [0.1, 0.15) is 24.5 Å². The molecule has 1 fully saturated rings. The van der Waals surface area contributed by atoms with E-state index in [1.807, 2.05) is 7.05 Å². The molecule has 18 heavy (non-hydrogen) atoms. The fourth-order valence-electron chi connectivity index (χ4n) is 1.80. The molecular formula is C12H11Br2N3S. The highest BCUT2D eigenvalue weighted by Crippen LogP contribution is 2.44. The van der Waals surface area contributed by atoms with Crippen LogP contribution in [-0.4, -0.2) is 17.0 Å². The molecule has 0 saturated heterocycles. The highest BCUT2D eigenvalue weighted by Gasteiger charge is 2.29. The molecule has 0 bridgehead atoms. The number of nitrogens with zero attached hydrogens (tertiary/aromatic N) is 2. The first kappa shape index (κ1) is 12.6. The van der Waals surface area contributed by atoms with Crippen LogP contribution in [0.25, 0.3) is 10.7 Å². The van der Waals surface area contributed by atoms with Gasteiger partial charge in [0.1, 0.15) is 5.82 Å². The molecule has 0 aromatic carbocycles. The predicted molar refractivity (Wildman–Crippen MR) is 82.3 cm³/mol. The van der Waals surface area contributed by atoms with E-state index in [1.165, 1.54) is 12.8 Å². The second kappa shape index (κ2) is 4.90. The van der Waals surface area contributed by atoms with Crippen molar-refractivity contribution in [2.45, 2.75) is 18.8 Å². The summed E-state index contributed by atoms with van der Waals surface area (Å²) in [5.74, 6) is 2.27. The van der Waals surface area contributed by atoms with Gasteiger partial charge in [-0.25, -0.2) is 9.97 Å². The summed E-state index contributed by atoms with van der Waals surface area (Å²) in [5.41, 5.74) is 1.13. The van der Waals surface area contributed by atoms with Gasteiger partial charge < -0.3 is 5.32 Å². The Morgan fingerprint density at radius 2 is 2.11 bits per heavy atom. The number of nitrogens with one attached hydrogen (secondary N) is 1. The third kappa shape index (κ3) is 2.33. The monoisotopic (exact) mass is 387 g/mol. The van der Waals surface area contributed by atoms with Gasteiger partial charge in [-0.3, -0.25) is 0 Å². The summed E-state index contributed by atoms with van der Waals surface area (Å²) in [6.45, 7) is 0. The third-order valence-corrected chi connectivity index (χ3v) is 5.33. The lowest BCUT2D eigenvalue weighted by molar-refractivity contribution is 0.982. The van der Waals surface area contributed by atoms with Crippen LogP contribution < -0.4 is 5.32 Å². The molecule has 2 heterocycles. The van der Waals surface area contributed by atoms with Crippen molar-refractivity contribution in [1.29, 1.82) is 0 Å². The molecule has 0 amide bonds.